The second-order valence-corrected chi connectivity index (χ2v) is 11.0. The number of amides is 1. The van der Waals surface area contributed by atoms with Gasteiger partial charge in [-0.2, -0.15) is 4.98 Å². The summed E-state index contributed by atoms with van der Waals surface area (Å²) in [5.41, 5.74) is 1.61. The van der Waals surface area contributed by atoms with Gasteiger partial charge >= 0.3 is 0 Å². The fourth-order valence-corrected chi connectivity index (χ4v) is 5.62. The Morgan fingerprint density at radius 2 is 1.83 bits per heavy atom. The van der Waals surface area contributed by atoms with Crippen molar-refractivity contribution in [2.24, 2.45) is 5.41 Å². The van der Waals surface area contributed by atoms with Gasteiger partial charge in [-0.15, -0.1) is 0 Å². The van der Waals surface area contributed by atoms with Crippen LogP contribution in [0.25, 0.3) is 11.4 Å². The Balaban J connectivity index is 1.54. The van der Waals surface area contributed by atoms with Crippen LogP contribution in [0.3, 0.4) is 0 Å². The number of nitrogens with one attached hydrogen (secondary N) is 1. The van der Waals surface area contributed by atoms with Gasteiger partial charge in [0.2, 0.25) is 11.7 Å². The van der Waals surface area contributed by atoms with E-state index in [0.717, 1.165) is 42.6 Å². The molecule has 1 aromatic heterocycles. The molecule has 1 amide bonds. The first-order valence-corrected chi connectivity index (χ1v) is 12.3. The Bertz CT molecular complexity index is 1240. The number of carbonyl (C=O) groups excluding carboxylic acids is 1. The SMILES string of the molecule is CC(=O)NC1(c2nc(-c3cccc([C@@](O)(c4ccc(C(C)C)cc4)C4(C)CN(C)C4)c3)no2)CC1. The normalized spacial score (nSPS) is 20.2. The largest absolute Gasteiger partial charge is 0.380 e. The van der Waals surface area contributed by atoms with Crippen LogP contribution in [0.4, 0.5) is 0 Å². The van der Waals surface area contributed by atoms with Crippen molar-refractivity contribution in [1.29, 1.82) is 0 Å². The zero-order valence-corrected chi connectivity index (χ0v) is 21.1. The molecule has 1 saturated carbocycles. The number of carbonyl (C=O) groups is 1. The lowest BCUT2D eigenvalue weighted by molar-refractivity contribution is -0.127. The third-order valence-electron chi connectivity index (χ3n) is 7.65. The molecule has 2 heterocycles. The van der Waals surface area contributed by atoms with E-state index in [1.54, 1.807) is 0 Å². The lowest BCUT2D eigenvalue weighted by Crippen LogP contribution is -2.63. The van der Waals surface area contributed by atoms with E-state index in [1.807, 2.05) is 24.3 Å². The first kappa shape index (κ1) is 23.7. The van der Waals surface area contributed by atoms with Crippen LogP contribution < -0.4 is 5.32 Å². The van der Waals surface area contributed by atoms with Gasteiger partial charge in [0.25, 0.3) is 5.89 Å². The number of hydrogen-bond donors (Lipinski definition) is 2. The minimum absolute atomic E-state index is 0.114. The van der Waals surface area contributed by atoms with Gasteiger partial charge < -0.3 is 19.8 Å². The maximum atomic E-state index is 12.5. The lowest BCUT2D eigenvalue weighted by atomic mass is 9.62. The smallest absolute Gasteiger partial charge is 0.252 e. The van der Waals surface area contributed by atoms with Gasteiger partial charge in [0.1, 0.15) is 11.1 Å². The predicted molar refractivity (Wildman–Crippen MR) is 134 cm³/mol. The fraction of sp³-hybridized carbons (Fsp3) is 0.464. The molecule has 1 aliphatic heterocycles. The molecule has 0 bridgehead atoms. The van der Waals surface area contributed by atoms with Crippen molar-refractivity contribution in [2.45, 2.75) is 57.6 Å². The van der Waals surface area contributed by atoms with Gasteiger partial charge in [0.15, 0.2) is 0 Å². The van der Waals surface area contributed by atoms with Crippen LogP contribution in [0, 0.1) is 5.41 Å². The molecule has 1 atom stereocenters. The summed E-state index contributed by atoms with van der Waals surface area (Å²) < 4.78 is 5.56. The van der Waals surface area contributed by atoms with Crippen molar-refractivity contribution >= 4 is 5.91 Å². The highest BCUT2D eigenvalue weighted by Gasteiger charge is 2.55. The lowest BCUT2D eigenvalue weighted by Gasteiger charge is -2.56. The molecule has 184 valence electrons. The number of benzene rings is 2. The Labute approximate surface area is 206 Å². The van der Waals surface area contributed by atoms with Crippen molar-refractivity contribution in [1.82, 2.24) is 20.4 Å². The van der Waals surface area contributed by atoms with E-state index in [1.165, 1.54) is 12.5 Å². The average molecular weight is 475 g/mol. The predicted octanol–water partition coefficient (Wildman–Crippen LogP) is 4.17. The molecule has 5 rings (SSSR count). The molecule has 7 heteroatoms. The van der Waals surface area contributed by atoms with Crippen LogP contribution in [0.2, 0.25) is 0 Å². The summed E-state index contributed by atoms with van der Waals surface area (Å²) in [7, 11) is 2.07. The summed E-state index contributed by atoms with van der Waals surface area (Å²) in [6, 6.07) is 16.1. The number of likely N-dealkylation sites (tertiary alicyclic amines) is 1. The van der Waals surface area contributed by atoms with E-state index in [-0.39, 0.29) is 11.3 Å². The monoisotopic (exact) mass is 474 g/mol. The van der Waals surface area contributed by atoms with Gasteiger partial charge in [0.05, 0.1) is 0 Å². The Hall–Kier alpha value is -3.03. The van der Waals surface area contributed by atoms with E-state index in [2.05, 4.69) is 72.4 Å². The van der Waals surface area contributed by atoms with Crippen molar-refractivity contribution in [3.63, 3.8) is 0 Å². The molecule has 1 saturated heterocycles. The van der Waals surface area contributed by atoms with Gasteiger partial charge in [-0.05, 0) is 48.6 Å². The van der Waals surface area contributed by atoms with Gasteiger partial charge in [0, 0.05) is 31.0 Å². The van der Waals surface area contributed by atoms with Crippen molar-refractivity contribution in [3.8, 4) is 11.4 Å². The van der Waals surface area contributed by atoms with Gasteiger partial charge in [-0.1, -0.05) is 68.4 Å². The molecule has 2 aromatic carbocycles. The van der Waals surface area contributed by atoms with Crippen LogP contribution in [0.1, 0.15) is 69.0 Å². The molecular formula is C28H34N4O3. The second kappa shape index (κ2) is 8.28. The van der Waals surface area contributed by atoms with Gasteiger partial charge in [-0.3, -0.25) is 4.79 Å². The quantitative estimate of drug-likeness (QED) is 0.534. The van der Waals surface area contributed by atoms with Crippen LogP contribution in [-0.2, 0) is 15.9 Å². The first-order chi connectivity index (χ1) is 16.6. The van der Waals surface area contributed by atoms with Crippen molar-refractivity contribution in [3.05, 3.63) is 71.1 Å². The summed E-state index contributed by atoms with van der Waals surface area (Å²) in [6.07, 6.45) is 1.57. The highest BCUT2D eigenvalue weighted by Crippen LogP contribution is 2.51. The molecule has 0 unspecified atom stereocenters. The maximum Gasteiger partial charge on any atom is 0.252 e. The Morgan fingerprint density at radius 3 is 2.40 bits per heavy atom. The number of aliphatic hydroxyl groups is 1. The highest BCUT2D eigenvalue weighted by atomic mass is 16.5. The minimum atomic E-state index is -1.19. The Kier molecular flexibility index (Phi) is 5.61. The number of nitrogens with zero attached hydrogens (tertiary/aromatic N) is 3. The fourth-order valence-electron chi connectivity index (χ4n) is 5.62. The summed E-state index contributed by atoms with van der Waals surface area (Å²) in [5.74, 6) is 1.19. The zero-order chi connectivity index (χ0) is 25.0. The second-order valence-electron chi connectivity index (χ2n) is 11.0. The van der Waals surface area contributed by atoms with Crippen molar-refractivity contribution in [2.75, 3.05) is 20.1 Å². The van der Waals surface area contributed by atoms with Crippen LogP contribution in [-0.4, -0.2) is 46.2 Å². The molecule has 0 spiro atoms. The number of rotatable bonds is 7. The molecule has 7 nitrogen and oxygen atoms in total. The molecule has 2 fully saturated rings. The van der Waals surface area contributed by atoms with E-state index < -0.39 is 11.1 Å². The number of aromatic nitrogens is 2. The number of hydrogen-bond acceptors (Lipinski definition) is 6. The van der Waals surface area contributed by atoms with Crippen LogP contribution in [0.15, 0.2) is 53.1 Å². The third kappa shape index (κ3) is 3.96. The van der Waals surface area contributed by atoms with Crippen LogP contribution in [0.5, 0.6) is 0 Å². The molecule has 2 aliphatic rings. The van der Waals surface area contributed by atoms with Crippen molar-refractivity contribution < 1.29 is 14.4 Å². The average Bonchev–Trinajstić information content (AvgIpc) is 3.40. The molecular weight excluding hydrogens is 440 g/mol. The summed E-state index contributed by atoms with van der Waals surface area (Å²) in [6.45, 7) is 9.55. The molecule has 2 N–H and O–H groups in total. The first-order valence-electron chi connectivity index (χ1n) is 12.3. The van der Waals surface area contributed by atoms with E-state index in [9.17, 15) is 9.90 Å². The summed E-state index contributed by atoms with van der Waals surface area (Å²) in [5, 5.41) is 19.6. The van der Waals surface area contributed by atoms with E-state index in [4.69, 9.17) is 4.52 Å². The summed E-state index contributed by atoms with van der Waals surface area (Å²) in [4.78, 5) is 18.5. The summed E-state index contributed by atoms with van der Waals surface area (Å²) >= 11 is 0. The highest BCUT2D eigenvalue weighted by molar-refractivity contribution is 5.74. The molecule has 35 heavy (non-hydrogen) atoms. The molecule has 3 aromatic rings. The molecule has 0 radical (unpaired) electrons. The topological polar surface area (TPSA) is 91.5 Å². The minimum Gasteiger partial charge on any atom is -0.380 e. The standard InChI is InChI=1S/C28H34N4O3/c1-18(2)20-9-11-22(12-10-20)28(34,26(4)16-32(5)17-26)23-8-6-7-21(15-23)24-29-25(35-31-24)27(13-14-27)30-19(3)33/h6-12,15,18,34H,13-14,16-17H2,1-5H3,(H,30,33)/t28-/m0/s1. The molecule has 1 aliphatic carbocycles. The van der Waals surface area contributed by atoms with Gasteiger partial charge in [-0.25, -0.2) is 0 Å². The third-order valence-corrected chi connectivity index (χ3v) is 7.65. The Morgan fingerprint density at radius 1 is 1.14 bits per heavy atom. The zero-order valence-electron chi connectivity index (χ0n) is 21.1. The van der Waals surface area contributed by atoms with E-state index in [0.29, 0.717) is 17.6 Å². The van der Waals surface area contributed by atoms with Crippen LogP contribution >= 0.6 is 0 Å². The maximum absolute atomic E-state index is 12.5. The van der Waals surface area contributed by atoms with E-state index >= 15 is 0 Å².